The van der Waals surface area contributed by atoms with Crippen molar-refractivity contribution in [1.82, 2.24) is 0 Å². The van der Waals surface area contributed by atoms with Crippen LogP contribution in [-0.2, 0) is 5.41 Å². The molecule has 1 heterocycles. The maximum absolute atomic E-state index is 11.5. The molecule has 1 aliphatic rings. The van der Waals surface area contributed by atoms with E-state index in [9.17, 15) is 5.11 Å². The molecule has 1 aromatic heterocycles. The van der Waals surface area contributed by atoms with Gasteiger partial charge in [0, 0.05) is 25.7 Å². The molecule has 0 spiro atoms. The topological polar surface area (TPSA) is 20.2 Å². The first-order valence-corrected chi connectivity index (χ1v) is 14.1. The van der Waals surface area contributed by atoms with Crippen LogP contribution in [0.25, 0.3) is 42.4 Å². The van der Waals surface area contributed by atoms with Crippen LogP contribution < -0.4 is 0 Å². The molecule has 1 N–H and O–H groups in total. The van der Waals surface area contributed by atoms with Gasteiger partial charge >= 0.3 is 0 Å². The quantitative estimate of drug-likeness (QED) is 0.248. The lowest BCUT2D eigenvalue weighted by Crippen LogP contribution is -2.29. The number of hydrogen-bond acceptors (Lipinski definition) is 2. The molecule has 0 bridgehead atoms. The Morgan fingerprint density at radius 1 is 0.513 bits per heavy atom. The van der Waals surface area contributed by atoms with Gasteiger partial charge in [-0.2, -0.15) is 0 Å². The molecular weight excluding hydrogens is 492 g/mol. The predicted octanol–water partition coefficient (Wildman–Crippen LogP) is 9.79. The van der Waals surface area contributed by atoms with Crippen molar-refractivity contribution >= 4 is 31.5 Å². The van der Waals surface area contributed by atoms with Gasteiger partial charge in [-0.05, 0) is 63.2 Å². The number of thiophene rings is 1. The van der Waals surface area contributed by atoms with E-state index in [0.29, 0.717) is 5.75 Å². The molecule has 6 aromatic carbocycles. The lowest BCUT2D eigenvalue weighted by molar-refractivity contribution is 0.477. The number of fused-ring (bicyclic) bond motifs is 6. The van der Waals surface area contributed by atoms with Crippen LogP contribution in [0.3, 0.4) is 0 Å². The Morgan fingerprint density at radius 2 is 1.15 bits per heavy atom. The van der Waals surface area contributed by atoms with Crippen LogP contribution in [-0.4, -0.2) is 5.11 Å². The van der Waals surface area contributed by atoms with Gasteiger partial charge in [0.2, 0.25) is 0 Å². The van der Waals surface area contributed by atoms with Crippen molar-refractivity contribution in [2.45, 2.75) is 5.41 Å². The van der Waals surface area contributed by atoms with Crippen LogP contribution in [0.4, 0.5) is 0 Å². The molecule has 0 radical (unpaired) electrons. The average Bonchev–Trinajstić information content (AvgIpc) is 3.53. The molecular formula is C37H24OS. The normalized spacial score (nSPS) is 13.4. The SMILES string of the molecule is Oc1ccc(-c2ccc3sc4ccccc4c3c2)c2c1-c1ccccc1C2(c1ccccc1)c1ccccc1. The van der Waals surface area contributed by atoms with Gasteiger partial charge in [-0.1, -0.05) is 115 Å². The molecule has 0 amide bonds. The summed E-state index contributed by atoms with van der Waals surface area (Å²) >= 11 is 1.84. The van der Waals surface area contributed by atoms with Crippen molar-refractivity contribution in [3.05, 3.63) is 162 Å². The Hall–Kier alpha value is -4.66. The van der Waals surface area contributed by atoms with Gasteiger partial charge in [0.25, 0.3) is 0 Å². The minimum atomic E-state index is -0.575. The zero-order valence-corrected chi connectivity index (χ0v) is 22.0. The van der Waals surface area contributed by atoms with Crippen LogP contribution >= 0.6 is 11.3 Å². The molecule has 0 atom stereocenters. The van der Waals surface area contributed by atoms with Crippen LogP contribution in [0.5, 0.6) is 5.75 Å². The molecule has 8 rings (SSSR count). The summed E-state index contributed by atoms with van der Waals surface area (Å²) in [4.78, 5) is 0. The smallest absolute Gasteiger partial charge is 0.123 e. The number of hydrogen-bond donors (Lipinski definition) is 1. The van der Waals surface area contributed by atoms with Gasteiger partial charge in [0.05, 0.1) is 5.41 Å². The highest BCUT2D eigenvalue weighted by Crippen LogP contribution is 2.60. The summed E-state index contributed by atoms with van der Waals surface area (Å²) in [5.41, 5.74) is 8.45. The third-order valence-electron chi connectivity index (χ3n) is 8.26. The lowest BCUT2D eigenvalue weighted by atomic mass is 9.66. The van der Waals surface area contributed by atoms with Crippen LogP contribution in [0, 0.1) is 0 Å². The highest BCUT2D eigenvalue weighted by molar-refractivity contribution is 7.25. The first kappa shape index (κ1) is 22.3. The molecule has 184 valence electrons. The van der Waals surface area contributed by atoms with E-state index in [2.05, 4.69) is 133 Å². The maximum Gasteiger partial charge on any atom is 0.123 e. The van der Waals surface area contributed by atoms with Crippen molar-refractivity contribution < 1.29 is 5.11 Å². The molecule has 0 aliphatic heterocycles. The van der Waals surface area contributed by atoms with Crippen LogP contribution in [0.15, 0.2) is 140 Å². The minimum absolute atomic E-state index is 0.317. The monoisotopic (exact) mass is 516 g/mol. The molecule has 0 saturated carbocycles. The third kappa shape index (κ3) is 3.07. The van der Waals surface area contributed by atoms with E-state index in [-0.39, 0.29) is 0 Å². The molecule has 7 aromatic rings. The fraction of sp³-hybridized carbons (Fsp3) is 0.0270. The van der Waals surface area contributed by atoms with Crippen LogP contribution in [0.2, 0.25) is 0 Å². The van der Waals surface area contributed by atoms with Gasteiger partial charge in [-0.25, -0.2) is 0 Å². The van der Waals surface area contributed by atoms with Gasteiger partial charge in [0.15, 0.2) is 0 Å². The first-order chi connectivity index (χ1) is 19.3. The summed E-state index contributed by atoms with van der Waals surface area (Å²) in [5, 5.41) is 14.0. The van der Waals surface area contributed by atoms with Crippen molar-refractivity contribution in [1.29, 1.82) is 0 Å². The van der Waals surface area contributed by atoms with E-state index in [4.69, 9.17) is 0 Å². The Morgan fingerprint density at radius 3 is 1.92 bits per heavy atom. The van der Waals surface area contributed by atoms with Gasteiger partial charge in [0.1, 0.15) is 5.75 Å². The predicted molar refractivity (Wildman–Crippen MR) is 164 cm³/mol. The van der Waals surface area contributed by atoms with E-state index in [1.807, 2.05) is 17.4 Å². The van der Waals surface area contributed by atoms with Crippen molar-refractivity contribution in [2.75, 3.05) is 0 Å². The molecule has 0 saturated heterocycles. The Labute approximate surface area is 231 Å². The zero-order chi connectivity index (χ0) is 26.0. The summed E-state index contributed by atoms with van der Waals surface area (Å²) in [5.74, 6) is 0.317. The van der Waals surface area contributed by atoms with Crippen molar-refractivity contribution in [2.24, 2.45) is 0 Å². The Balaban J connectivity index is 1.53. The zero-order valence-electron chi connectivity index (χ0n) is 21.1. The highest BCUT2D eigenvalue weighted by atomic mass is 32.1. The molecule has 2 heteroatoms. The second kappa shape index (κ2) is 8.42. The Bertz CT molecular complexity index is 1980. The molecule has 39 heavy (non-hydrogen) atoms. The van der Waals surface area contributed by atoms with Crippen LogP contribution in [0.1, 0.15) is 22.3 Å². The summed E-state index contributed by atoms with van der Waals surface area (Å²) in [7, 11) is 0. The first-order valence-electron chi connectivity index (χ1n) is 13.3. The minimum Gasteiger partial charge on any atom is -0.507 e. The molecule has 0 fully saturated rings. The summed E-state index contributed by atoms with van der Waals surface area (Å²) in [6.07, 6.45) is 0. The van der Waals surface area contributed by atoms with Crippen molar-refractivity contribution in [3.63, 3.8) is 0 Å². The third-order valence-corrected chi connectivity index (χ3v) is 9.41. The second-order valence-corrected chi connectivity index (χ2v) is 11.3. The lowest BCUT2D eigenvalue weighted by Gasteiger charge is -2.35. The summed E-state index contributed by atoms with van der Waals surface area (Å²) in [6, 6.07) is 49.5. The maximum atomic E-state index is 11.5. The van der Waals surface area contributed by atoms with Crippen molar-refractivity contribution in [3.8, 4) is 28.0 Å². The number of phenolic OH excluding ortho intramolecular Hbond substituents is 1. The highest BCUT2D eigenvalue weighted by Gasteiger charge is 2.48. The fourth-order valence-electron chi connectivity index (χ4n) is 6.69. The number of rotatable bonds is 3. The van der Waals surface area contributed by atoms with Gasteiger partial charge in [-0.15, -0.1) is 11.3 Å². The summed E-state index contributed by atoms with van der Waals surface area (Å²) < 4.78 is 2.59. The van der Waals surface area contributed by atoms with E-state index in [1.54, 1.807) is 0 Å². The second-order valence-electron chi connectivity index (χ2n) is 10.2. The average molecular weight is 517 g/mol. The molecule has 1 aliphatic carbocycles. The van der Waals surface area contributed by atoms with E-state index in [0.717, 1.165) is 27.8 Å². The number of phenols is 1. The van der Waals surface area contributed by atoms with Gasteiger partial charge in [-0.3, -0.25) is 0 Å². The largest absolute Gasteiger partial charge is 0.507 e. The fourth-order valence-corrected chi connectivity index (χ4v) is 7.78. The van der Waals surface area contributed by atoms with E-state index in [1.165, 1.54) is 36.9 Å². The molecule has 1 nitrogen and oxygen atoms in total. The number of benzene rings is 6. The van der Waals surface area contributed by atoms with Gasteiger partial charge < -0.3 is 5.11 Å². The summed E-state index contributed by atoms with van der Waals surface area (Å²) in [6.45, 7) is 0. The number of aromatic hydroxyl groups is 1. The Kier molecular flexibility index (Phi) is 4.82. The molecule has 0 unspecified atom stereocenters. The standard InChI is InChI=1S/C37H24OS/c38-32-21-20-27(24-19-22-34-30(23-24)28-15-8-10-18-33(28)39-34)36-35(32)29-16-7-9-17-31(29)37(36,25-11-3-1-4-12-25)26-13-5-2-6-14-26/h1-23,38H. The van der Waals surface area contributed by atoms with E-state index >= 15 is 0 Å². The van der Waals surface area contributed by atoms with E-state index < -0.39 is 5.41 Å².